The Hall–Kier alpha value is -3.15. The van der Waals surface area contributed by atoms with Crippen LogP contribution in [0.3, 0.4) is 0 Å². The summed E-state index contributed by atoms with van der Waals surface area (Å²) in [6.45, 7) is 5.08. The molecule has 9 nitrogen and oxygen atoms in total. The maximum Gasteiger partial charge on any atom is 0.408 e. The average molecular weight is 349 g/mol. The molecule has 1 amide bonds. The van der Waals surface area contributed by atoms with E-state index in [4.69, 9.17) is 4.74 Å². The summed E-state index contributed by atoms with van der Waals surface area (Å²) in [5.41, 5.74) is -0.560. The highest BCUT2D eigenvalue weighted by atomic mass is 16.6. The lowest BCUT2D eigenvalue weighted by Crippen LogP contribution is -2.43. The zero-order valence-corrected chi connectivity index (χ0v) is 14.4. The third-order valence-electron chi connectivity index (χ3n) is 2.66. The van der Waals surface area contributed by atoms with Crippen molar-refractivity contribution in [3.63, 3.8) is 0 Å². The summed E-state index contributed by atoms with van der Waals surface area (Å²) in [7, 11) is 1.19. The Bertz CT molecular complexity index is 697. The molecule has 0 saturated carbocycles. The van der Waals surface area contributed by atoms with Crippen molar-refractivity contribution in [2.75, 3.05) is 7.11 Å². The van der Waals surface area contributed by atoms with Gasteiger partial charge in [-0.2, -0.15) is 0 Å². The topological polar surface area (TPSA) is 121 Å². The Morgan fingerprint density at radius 3 is 2.56 bits per heavy atom. The molecular formula is C16H19N3O6. The van der Waals surface area contributed by atoms with Crippen molar-refractivity contribution in [3.8, 4) is 11.8 Å². The van der Waals surface area contributed by atoms with Crippen LogP contribution in [0.5, 0.6) is 0 Å². The van der Waals surface area contributed by atoms with Crippen LogP contribution in [-0.4, -0.2) is 40.7 Å². The first-order valence-electron chi connectivity index (χ1n) is 7.29. The van der Waals surface area contributed by atoms with Crippen molar-refractivity contribution in [1.82, 2.24) is 10.3 Å². The Kier molecular flexibility index (Phi) is 6.87. The van der Waals surface area contributed by atoms with Crippen LogP contribution in [0.15, 0.2) is 18.3 Å². The molecule has 25 heavy (non-hydrogen) atoms. The molecule has 0 aliphatic carbocycles. The average Bonchev–Trinajstić information content (AvgIpc) is 2.51. The number of carbonyl (C=O) groups is 2. The fraction of sp³-hybridized carbons (Fsp3) is 0.438. The molecule has 0 aromatic carbocycles. The van der Waals surface area contributed by atoms with Gasteiger partial charge in [-0.15, -0.1) is 0 Å². The van der Waals surface area contributed by atoms with Gasteiger partial charge in [0, 0.05) is 12.5 Å². The second-order valence-corrected chi connectivity index (χ2v) is 5.89. The van der Waals surface area contributed by atoms with Gasteiger partial charge in [0.15, 0.2) is 0 Å². The van der Waals surface area contributed by atoms with Crippen LogP contribution in [0.2, 0.25) is 0 Å². The molecule has 0 bridgehead atoms. The molecule has 0 saturated heterocycles. The first-order valence-corrected chi connectivity index (χ1v) is 7.29. The maximum atomic E-state index is 11.8. The SMILES string of the molecule is COC(=O)C(CC#Cc1ccc([N+](=O)[O-])cn1)NC(=O)OC(C)(C)C. The predicted octanol–water partition coefficient (Wildman–Crippen LogP) is 1.80. The number of amides is 1. The number of ether oxygens (including phenoxy) is 2. The van der Waals surface area contributed by atoms with E-state index in [0.29, 0.717) is 5.69 Å². The molecule has 0 spiro atoms. The Balaban J connectivity index is 2.75. The summed E-state index contributed by atoms with van der Waals surface area (Å²) in [6.07, 6.45) is 0.281. The van der Waals surface area contributed by atoms with E-state index in [1.807, 2.05) is 0 Å². The summed E-state index contributed by atoms with van der Waals surface area (Å²) >= 11 is 0. The van der Waals surface area contributed by atoms with Crippen LogP contribution >= 0.6 is 0 Å². The van der Waals surface area contributed by atoms with Crippen LogP contribution in [-0.2, 0) is 14.3 Å². The number of nitrogens with zero attached hydrogens (tertiary/aromatic N) is 2. The molecule has 1 unspecified atom stereocenters. The maximum absolute atomic E-state index is 11.8. The number of hydrogen-bond acceptors (Lipinski definition) is 7. The Morgan fingerprint density at radius 1 is 1.40 bits per heavy atom. The molecule has 0 aliphatic heterocycles. The van der Waals surface area contributed by atoms with Crippen LogP contribution in [0.25, 0.3) is 0 Å². The van der Waals surface area contributed by atoms with Gasteiger partial charge in [0.25, 0.3) is 5.69 Å². The van der Waals surface area contributed by atoms with E-state index in [9.17, 15) is 19.7 Å². The number of carbonyl (C=O) groups excluding carboxylic acids is 2. The first kappa shape index (κ1) is 19.9. The predicted molar refractivity (Wildman–Crippen MR) is 87.6 cm³/mol. The van der Waals surface area contributed by atoms with E-state index in [-0.39, 0.29) is 12.1 Å². The van der Waals surface area contributed by atoms with Gasteiger partial charge in [0.05, 0.1) is 12.0 Å². The number of nitrogens with one attached hydrogen (secondary N) is 1. The quantitative estimate of drug-likeness (QED) is 0.381. The van der Waals surface area contributed by atoms with Crippen molar-refractivity contribution < 1.29 is 24.0 Å². The molecular weight excluding hydrogens is 330 g/mol. The van der Waals surface area contributed by atoms with Crippen LogP contribution in [0.1, 0.15) is 32.9 Å². The number of esters is 1. The van der Waals surface area contributed by atoms with E-state index >= 15 is 0 Å². The van der Waals surface area contributed by atoms with Gasteiger partial charge >= 0.3 is 12.1 Å². The van der Waals surface area contributed by atoms with Crippen molar-refractivity contribution in [1.29, 1.82) is 0 Å². The highest BCUT2D eigenvalue weighted by Gasteiger charge is 2.24. The second kappa shape index (κ2) is 8.63. The molecule has 134 valence electrons. The van der Waals surface area contributed by atoms with Crippen LogP contribution in [0, 0.1) is 22.0 Å². The number of rotatable bonds is 4. The summed E-state index contributed by atoms with van der Waals surface area (Å²) in [5.74, 6) is 4.67. The zero-order chi connectivity index (χ0) is 19.0. The molecule has 1 atom stereocenters. The van der Waals surface area contributed by atoms with Gasteiger partial charge in [-0.1, -0.05) is 5.92 Å². The molecule has 0 radical (unpaired) electrons. The fourth-order valence-electron chi connectivity index (χ4n) is 1.60. The molecule has 0 fully saturated rings. The molecule has 1 aromatic heterocycles. The third-order valence-corrected chi connectivity index (χ3v) is 2.66. The van der Waals surface area contributed by atoms with Crippen LogP contribution < -0.4 is 5.32 Å². The standard InChI is InChI=1S/C16H19N3O6/c1-16(2,3)25-15(21)18-13(14(20)24-4)7-5-6-11-8-9-12(10-17-11)19(22)23/h8-10,13H,7H2,1-4H3,(H,18,21). The number of pyridine rings is 1. The summed E-state index contributed by atoms with van der Waals surface area (Å²) < 4.78 is 9.70. The van der Waals surface area contributed by atoms with Gasteiger partial charge < -0.3 is 14.8 Å². The van der Waals surface area contributed by atoms with Gasteiger partial charge in [-0.05, 0) is 32.8 Å². The summed E-state index contributed by atoms with van der Waals surface area (Å²) in [6, 6.07) is 1.65. The number of hydrogen-bond donors (Lipinski definition) is 1. The van der Waals surface area contributed by atoms with E-state index < -0.39 is 28.6 Å². The molecule has 1 aromatic rings. The fourth-order valence-corrected chi connectivity index (χ4v) is 1.60. The minimum Gasteiger partial charge on any atom is -0.467 e. The third kappa shape index (κ3) is 7.30. The number of nitro groups is 1. The molecule has 1 N–H and O–H groups in total. The second-order valence-electron chi connectivity index (χ2n) is 5.89. The molecule has 1 rings (SSSR count). The van der Waals surface area contributed by atoms with Gasteiger partial charge in [-0.3, -0.25) is 10.1 Å². The highest BCUT2D eigenvalue weighted by molar-refractivity contribution is 5.81. The van der Waals surface area contributed by atoms with Gasteiger partial charge in [0.2, 0.25) is 0 Å². The van der Waals surface area contributed by atoms with Crippen molar-refractivity contribution in [2.45, 2.75) is 38.8 Å². The van der Waals surface area contributed by atoms with Crippen molar-refractivity contribution in [2.24, 2.45) is 0 Å². The van der Waals surface area contributed by atoms with Gasteiger partial charge in [0.1, 0.15) is 23.5 Å². The lowest BCUT2D eigenvalue weighted by atomic mass is 10.2. The summed E-state index contributed by atoms with van der Waals surface area (Å²) in [5, 5.41) is 12.9. The van der Waals surface area contributed by atoms with E-state index in [2.05, 4.69) is 26.9 Å². The largest absolute Gasteiger partial charge is 0.467 e. The lowest BCUT2D eigenvalue weighted by Gasteiger charge is -2.21. The Morgan fingerprint density at radius 2 is 2.08 bits per heavy atom. The molecule has 0 aliphatic rings. The highest BCUT2D eigenvalue weighted by Crippen LogP contribution is 2.09. The van der Waals surface area contributed by atoms with Crippen molar-refractivity contribution in [3.05, 3.63) is 34.1 Å². The number of alkyl carbamates (subject to hydrolysis) is 1. The Labute approximate surface area is 144 Å². The van der Waals surface area contributed by atoms with Gasteiger partial charge in [-0.25, -0.2) is 14.6 Å². The normalized spacial score (nSPS) is 11.5. The first-order chi connectivity index (χ1) is 11.6. The minimum absolute atomic E-state index is 0.0371. The minimum atomic E-state index is -1.01. The smallest absolute Gasteiger partial charge is 0.408 e. The van der Waals surface area contributed by atoms with Crippen molar-refractivity contribution >= 4 is 17.7 Å². The zero-order valence-electron chi connectivity index (χ0n) is 14.4. The molecule has 9 heteroatoms. The van der Waals surface area contributed by atoms with E-state index in [1.165, 1.54) is 19.2 Å². The van der Waals surface area contributed by atoms with E-state index in [0.717, 1.165) is 6.20 Å². The summed E-state index contributed by atoms with van der Waals surface area (Å²) in [4.78, 5) is 37.3. The van der Waals surface area contributed by atoms with E-state index in [1.54, 1.807) is 20.8 Å². The van der Waals surface area contributed by atoms with Crippen LogP contribution in [0.4, 0.5) is 10.5 Å². The number of aromatic nitrogens is 1. The number of methoxy groups -OCH3 is 1. The monoisotopic (exact) mass is 349 g/mol. The lowest BCUT2D eigenvalue weighted by molar-refractivity contribution is -0.385. The molecule has 1 heterocycles.